The number of aromatic carboxylic acids is 1. The molecule has 2 N–H and O–H groups in total. The van der Waals surface area contributed by atoms with Crippen LogP contribution in [0.15, 0.2) is 60.7 Å². The number of carbonyl (C=O) groups is 1. The molecular weight excluding hydrogens is 422 g/mol. The van der Waals surface area contributed by atoms with E-state index in [1.54, 1.807) is 12.1 Å². The first-order valence-electron chi connectivity index (χ1n) is 12.1. The third kappa shape index (κ3) is 4.75. The van der Waals surface area contributed by atoms with E-state index in [4.69, 9.17) is 4.98 Å². The summed E-state index contributed by atoms with van der Waals surface area (Å²) in [5.41, 5.74) is 7.45. The SMILES string of the molecule is CCCCc1nc2cccc(CNC(C)C)c2n1-c1ccc(-c2ccccc2C(=O)O)c(C)c1. The van der Waals surface area contributed by atoms with Gasteiger partial charge in [-0.3, -0.25) is 4.57 Å². The van der Waals surface area contributed by atoms with E-state index in [1.165, 1.54) is 5.56 Å². The second-order valence-corrected chi connectivity index (χ2v) is 9.14. The molecule has 34 heavy (non-hydrogen) atoms. The van der Waals surface area contributed by atoms with Crippen LogP contribution in [0.4, 0.5) is 0 Å². The first-order valence-corrected chi connectivity index (χ1v) is 12.1. The van der Waals surface area contributed by atoms with Gasteiger partial charge in [0.25, 0.3) is 0 Å². The Morgan fingerprint density at radius 3 is 2.56 bits per heavy atom. The Morgan fingerprint density at radius 1 is 1.06 bits per heavy atom. The lowest BCUT2D eigenvalue weighted by molar-refractivity contribution is 0.0697. The summed E-state index contributed by atoms with van der Waals surface area (Å²) >= 11 is 0. The predicted octanol–water partition coefficient (Wildman–Crippen LogP) is 6.54. The van der Waals surface area contributed by atoms with Crippen LogP contribution in [0, 0.1) is 6.92 Å². The van der Waals surface area contributed by atoms with Gasteiger partial charge in [-0.2, -0.15) is 0 Å². The topological polar surface area (TPSA) is 67.2 Å². The zero-order chi connectivity index (χ0) is 24.2. The van der Waals surface area contributed by atoms with Crippen LogP contribution in [0.25, 0.3) is 27.8 Å². The molecule has 0 spiro atoms. The van der Waals surface area contributed by atoms with Crippen molar-refractivity contribution in [2.24, 2.45) is 0 Å². The number of hydrogen-bond acceptors (Lipinski definition) is 3. The van der Waals surface area contributed by atoms with Crippen LogP contribution in [0.3, 0.4) is 0 Å². The molecule has 3 aromatic carbocycles. The molecule has 5 nitrogen and oxygen atoms in total. The van der Waals surface area contributed by atoms with Crippen molar-refractivity contribution in [3.63, 3.8) is 0 Å². The number of nitrogens with one attached hydrogen (secondary N) is 1. The van der Waals surface area contributed by atoms with E-state index in [9.17, 15) is 9.90 Å². The van der Waals surface area contributed by atoms with Crippen LogP contribution in [-0.4, -0.2) is 26.7 Å². The van der Waals surface area contributed by atoms with E-state index in [1.807, 2.05) is 25.1 Å². The number of rotatable bonds is 9. The van der Waals surface area contributed by atoms with Gasteiger partial charge in [0.05, 0.1) is 16.6 Å². The summed E-state index contributed by atoms with van der Waals surface area (Å²) in [6.45, 7) is 9.33. The Hall–Kier alpha value is -3.44. The fraction of sp³-hybridized carbons (Fsp3) is 0.310. The van der Waals surface area contributed by atoms with Gasteiger partial charge in [0, 0.05) is 24.7 Å². The third-order valence-corrected chi connectivity index (χ3v) is 6.20. The van der Waals surface area contributed by atoms with Crippen molar-refractivity contribution in [3.05, 3.63) is 83.2 Å². The molecule has 0 aliphatic rings. The van der Waals surface area contributed by atoms with Crippen LogP contribution < -0.4 is 5.32 Å². The largest absolute Gasteiger partial charge is 0.478 e. The fourth-order valence-electron chi connectivity index (χ4n) is 4.48. The lowest BCUT2D eigenvalue weighted by atomic mass is 9.95. The number of carboxylic acids is 1. The number of carboxylic acid groups (broad SMARTS) is 1. The van der Waals surface area contributed by atoms with Gasteiger partial charge in [-0.25, -0.2) is 9.78 Å². The first kappa shape index (κ1) is 23.7. The number of aromatic nitrogens is 2. The maximum Gasteiger partial charge on any atom is 0.336 e. The van der Waals surface area contributed by atoms with Crippen molar-refractivity contribution in [1.82, 2.24) is 14.9 Å². The number of unbranched alkanes of at least 4 members (excludes halogenated alkanes) is 1. The minimum absolute atomic E-state index is 0.317. The summed E-state index contributed by atoms with van der Waals surface area (Å²) in [6, 6.07) is 20.2. The molecule has 0 aliphatic carbocycles. The number of fused-ring (bicyclic) bond motifs is 1. The van der Waals surface area contributed by atoms with Crippen molar-refractivity contribution < 1.29 is 9.90 Å². The quantitative estimate of drug-likeness (QED) is 0.301. The molecule has 0 saturated heterocycles. The molecular formula is C29H33N3O2. The molecule has 0 radical (unpaired) electrons. The maximum absolute atomic E-state index is 11.8. The van der Waals surface area contributed by atoms with Gasteiger partial charge in [-0.05, 0) is 59.9 Å². The van der Waals surface area contributed by atoms with Gasteiger partial charge >= 0.3 is 5.97 Å². The molecule has 1 heterocycles. The number of imidazole rings is 1. The Morgan fingerprint density at radius 2 is 1.85 bits per heavy atom. The Balaban J connectivity index is 1.87. The normalized spacial score (nSPS) is 11.4. The average Bonchev–Trinajstić information content (AvgIpc) is 3.20. The molecule has 4 aromatic rings. The van der Waals surface area contributed by atoms with Crippen LogP contribution >= 0.6 is 0 Å². The highest BCUT2D eigenvalue weighted by atomic mass is 16.4. The van der Waals surface area contributed by atoms with Gasteiger partial charge in [0.1, 0.15) is 5.82 Å². The van der Waals surface area contributed by atoms with Crippen LogP contribution in [0.1, 0.15) is 60.9 Å². The molecule has 176 valence electrons. The molecule has 0 aliphatic heterocycles. The Bertz CT molecular complexity index is 1320. The molecule has 0 unspecified atom stereocenters. The second-order valence-electron chi connectivity index (χ2n) is 9.14. The standard InChI is InChI=1S/C29H33N3O2/c1-5-6-14-27-31-26-13-9-10-21(18-30-19(2)3)28(26)32(27)22-15-16-23(20(4)17-22)24-11-7-8-12-25(24)29(33)34/h7-13,15-17,19,30H,5-6,14,18H2,1-4H3,(H,33,34). The summed E-state index contributed by atoms with van der Waals surface area (Å²) in [5.74, 6) is 0.149. The number of nitrogens with zero attached hydrogens (tertiary/aromatic N) is 2. The zero-order valence-corrected chi connectivity index (χ0v) is 20.4. The summed E-state index contributed by atoms with van der Waals surface area (Å²) < 4.78 is 2.29. The number of hydrogen-bond donors (Lipinski definition) is 2. The smallest absolute Gasteiger partial charge is 0.336 e. The number of benzene rings is 3. The lowest BCUT2D eigenvalue weighted by Crippen LogP contribution is -2.22. The van der Waals surface area contributed by atoms with Gasteiger partial charge in [-0.1, -0.05) is 63.6 Å². The zero-order valence-electron chi connectivity index (χ0n) is 20.4. The average molecular weight is 456 g/mol. The van der Waals surface area contributed by atoms with Crippen molar-refractivity contribution in [3.8, 4) is 16.8 Å². The minimum atomic E-state index is -0.913. The third-order valence-electron chi connectivity index (χ3n) is 6.20. The Kier molecular flexibility index (Phi) is 7.13. The molecule has 0 saturated carbocycles. The summed E-state index contributed by atoms with van der Waals surface area (Å²) in [7, 11) is 0. The van der Waals surface area contributed by atoms with Crippen molar-refractivity contribution >= 4 is 17.0 Å². The van der Waals surface area contributed by atoms with Gasteiger partial charge < -0.3 is 10.4 Å². The highest BCUT2D eigenvalue weighted by Gasteiger charge is 2.18. The summed E-state index contributed by atoms with van der Waals surface area (Å²) in [6.07, 6.45) is 3.09. The second kappa shape index (κ2) is 10.2. The molecule has 4 rings (SSSR count). The van der Waals surface area contributed by atoms with Gasteiger partial charge in [0.15, 0.2) is 0 Å². The molecule has 5 heteroatoms. The lowest BCUT2D eigenvalue weighted by Gasteiger charge is -2.16. The maximum atomic E-state index is 11.8. The van der Waals surface area contributed by atoms with Crippen LogP contribution in [0.2, 0.25) is 0 Å². The van der Waals surface area contributed by atoms with Gasteiger partial charge in [0.2, 0.25) is 0 Å². The summed E-state index contributed by atoms with van der Waals surface area (Å²) in [5, 5.41) is 13.2. The van der Waals surface area contributed by atoms with Crippen molar-refractivity contribution in [2.75, 3.05) is 0 Å². The van der Waals surface area contributed by atoms with E-state index in [0.717, 1.165) is 65.0 Å². The van der Waals surface area contributed by atoms with Crippen LogP contribution in [-0.2, 0) is 13.0 Å². The van der Waals surface area contributed by atoms with E-state index >= 15 is 0 Å². The van der Waals surface area contributed by atoms with E-state index in [-0.39, 0.29) is 0 Å². The molecule has 0 atom stereocenters. The minimum Gasteiger partial charge on any atom is -0.478 e. The van der Waals surface area contributed by atoms with Gasteiger partial charge in [-0.15, -0.1) is 0 Å². The van der Waals surface area contributed by atoms with E-state index < -0.39 is 5.97 Å². The molecule has 0 fully saturated rings. The van der Waals surface area contributed by atoms with Crippen LogP contribution in [0.5, 0.6) is 0 Å². The molecule has 0 bridgehead atoms. The monoisotopic (exact) mass is 455 g/mol. The number of aryl methyl sites for hydroxylation is 2. The van der Waals surface area contributed by atoms with E-state index in [2.05, 4.69) is 61.0 Å². The first-order chi connectivity index (χ1) is 16.4. The van der Waals surface area contributed by atoms with E-state index in [0.29, 0.717) is 11.6 Å². The molecule has 0 amide bonds. The predicted molar refractivity (Wildman–Crippen MR) is 139 cm³/mol. The molecule has 1 aromatic heterocycles. The van der Waals surface area contributed by atoms with Crippen molar-refractivity contribution in [2.45, 2.75) is 59.5 Å². The number of para-hydroxylation sites is 1. The Labute approximate surface area is 201 Å². The fourth-order valence-corrected chi connectivity index (χ4v) is 4.48. The highest BCUT2D eigenvalue weighted by Crippen LogP contribution is 2.31. The highest BCUT2D eigenvalue weighted by molar-refractivity contribution is 5.96. The summed E-state index contributed by atoms with van der Waals surface area (Å²) in [4.78, 5) is 16.8. The van der Waals surface area contributed by atoms with Crippen molar-refractivity contribution in [1.29, 1.82) is 0 Å².